The van der Waals surface area contributed by atoms with E-state index in [4.69, 9.17) is 16.0 Å². The molecule has 6 heteroatoms. The second-order valence-corrected chi connectivity index (χ2v) is 6.96. The van der Waals surface area contributed by atoms with Gasteiger partial charge >= 0.3 is 0 Å². The number of nitrogens with one attached hydrogen (secondary N) is 2. The van der Waals surface area contributed by atoms with Gasteiger partial charge in [-0.15, -0.1) is 0 Å². The van der Waals surface area contributed by atoms with Gasteiger partial charge in [0.15, 0.2) is 5.96 Å². The summed E-state index contributed by atoms with van der Waals surface area (Å²) in [7, 11) is 1.77. The molecule has 2 rings (SSSR count). The molecule has 2 N–H and O–H groups in total. The van der Waals surface area contributed by atoms with E-state index >= 15 is 0 Å². The van der Waals surface area contributed by atoms with Crippen molar-refractivity contribution < 1.29 is 4.42 Å². The highest BCUT2D eigenvalue weighted by molar-refractivity contribution is 6.30. The summed E-state index contributed by atoms with van der Waals surface area (Å²) < 4.78 is 5.61. The third-order valence-electron chi connectivity index (χ3n) is 5.11. The van der Waals surface area contributed by atoms with Gasteiger partial charge in [0.25, 0.3) is 0 Å². The summed E-state index contributed by atoms with van der Waals surface area (Å²) >= 11 is 6.05. The van der Waals surface area contributed by atoms with E-state index in [2.05, 4.69) is 46.6 Å². The average Bonchev–Trinajstić information content (AvgIpc) is 2.97. The first-order chi connectivity index (χ1) is 12.4. The van der Waals surface area contributed by atoms with Gasteiger partial charge in [0.05, 0.1) is 12.2 Å². The number of hydrogen-bond acceptors (Lipinski definition) is 3. The number of aromatic nitrogens is 1. The van der Waals surface area contributed by atoms with E-state index in [1.165, 1.54) is 5.56 Å². The van der Waals surface area contributed by atoms with Crippen molar-refractivity contribution >= 4 is 17.6 Å². The third-order valence-corrected chi connectivity index (χ3v) is 5.36. The Labute approximate surface area is 161 Å². The van der Waals surface area contributed by atoms with Gasteiger partial charge in [-0.3, -0.25) is 4.99 Å². The Hall–Kier alpha value is -2.01. The Balaban J connectivity index is 2.02. The minimum atomic E-state index is 0.0261. The number of nitrogens with zero attached hydrogens (tertiary/aromatic N) is 2. The average molecular weight is 377 g/mol. The highest BCUT2D eigenvalue weighted by atomic mass is 35.5. The minimum Gasteiger partial charge on any atom is -0.444 e. The van der Waals surface area contributed by atoms with Crippen molar-refractivity contribution in [2.24, 2.45) is 4.99 Å². The monoisotopic (exact) mass is 376 g/mol. The third kappa shape index (κ3) is 4.79. The maximum absolute atomic E-state index is 6.05. The van der Waals surface area contributed by atoms with Crippen molar-refractivity contribution in [1.82, 2.24) is 15.6 Å². The molecule has 1 aromatic heterocycles. The quantitative estimate of drug-likeness (QED) is 0.556. The first kappa shape index (κ1) is 20.3. The molecule has 0 fully saturated rings. The zero-order valence-corrected chi connectivity index (χ0v) is 17.1. The Morgan fingerprint density at radius 1 is 1.15 bits per heavy atom. The number of aryl methyl sites for hydroxylation is 2. The molecule has 0 aliphatic carbocycles. The largest absolute Gasteiger partial charge is 0.444 e. The first-order valence-electron chi connectivity index (χ1n) is 9.07. The van der Waals surface area contributed by atoms with E-state index in [1.807, 2.05) is 26.0 Å². The maximum atomic E-state index is 6.05. The van der Waals surface area contributed by atoms with Crippen LogP contribution in [0.3, 0.4) is 0 Å². The molecule has 0 spiro atoms. The van der Waals surface area contributed by atoms with Crippen molar-refractivity contribution in [3.8, 4) is 0 Å². The lowest BCUT2D eigenvalue weighted by molar-refractivity contribution is 0.389. The summed E-state index contributed by atoms with van der Waals surface area (Å²) in [6.45, 7) is 9.58. The van der Waals surface area contributed by atoms with Gasteiger partial charge in [-0.2, -0.15) is 0 Å². The number of halogens is 1. The van der Waals surface area contributed by atoms with Crippen molar-refractivity contribution in [2.75, 3.05) is 13.6 Å². The Kier molecular flexibility index (Phi) is 7.09. The van der Waals surface area contributed by atoms with Gasteiger partial charge in [-0.05, 0) is 44.4 Å². The summed E-state index contributed by atoms with van der Waals surface area (Å²) in [6, 6.07) is 8.14. The molecule has 0 atom stereocenters. The molecule has 0 unspecified atom stereocenters. The molecule has 0 aliphatic heterocycles. The van der Waals surface area contributed by atoms with Crippen molar-refractivity contribution in [3.05, 3.63) is 52.2 Å². The van der Waals surface area contributed by atoms with Crippen LogP contribution in [0.4, 0.5) is 0 Å². The summed E-state index contributed by atoms with van der Waals surface area (Å²) in [5.74, 6) is 2.25. The number of aliphatic imine (C=N–C) groups is 1. The minimum absolute atomic E-state index is 0.0261. The number of hydrogen-bond donors (Lipinski definition) is 2. The topological polar surface area (TPSA) is 62.5 Å². The Morgan fingerprint density at radius 2 is 1.81 bits per heavy atom. The van der Waals surface area contributed by atoms with Gasteiger partial charge in [0, 0.05) is 24.0 Å². The number of oxazole rings is 1. The summed E-state index contributed by atoms with van der Waals surface area (Å²) in [4.78, 5) is 8.70. The smallest absolute Gasteiger partial charge is 0.214 e. The van der Waals surface area contributed by atoms with Gasteiger partial charge in [-0.1, -0.05) is 37.6 Å². The van der Waals surface area contributed by atoms with E-state index in [9.17, 15) is 0 Å². The van der Waals surface area contributed by atoms with Crippen LogP contribution in [0.5, 0.6) is 0 Å². The summed E-state index contributed by atoms with van der Waals surface area (Å²) in [6.07, 6.45) is 2.04. The molecular formula is C20H29ClN4O. The molecule has 26 heavy (non-hydrogen) atoms. The Bertz CT molecular complexity index is 713. The van der Waals surface area contributed by atoms with Gasteiger partial charge in [-0.25, -0.2) is 4.98 Å². The van der Waals surface area contributed by atoms with Gasteiger partial charge in [0.2, 0.25) is 5.89 Å². The zero-order valence-electron chi connectivity index (χ0n) is 16.3. The van der Waals surface area contributed by atoms with Crippen molar-refractivity contribution in [1.29, 1.82) is 0 Å². The molecule has 0 radical (unpaired) electrons. The van der Waals surface area contributed by atoms with Crippen LogP contribution in [0, 0.1) is 13.8 Å². The highest BCUT2D eigenvalue weighted by Gasteiger charge is 2.28. The van der Waals surface area contributed by atoms with Crippen LogP contribution in [-0.4, -0.2) is 24.5 Å². The second-order valence-electron chi connectivity index (χ2n) is 6.52. The van der Waals surface area contributed by atoms with Crippen molar-refractivity contribution in [3.63, 3.8) is 0 Å². The molecule has 1 heterocycles. The molecule has 1 aromatic carbocycles. The number of rotatable bonds is 7. The fourth-order valence-electron chi connectivity index (χ4n) is 3.06. The van der Waals surface area contributed by atoms with Crippen LogP contribution in [0.1, 0.15) is 49.6 Å². The highest BCUT2D eigenvalue weighted by Crippen LogP contribution is 2.31. The fraction of sp³-hybridized carbons (Fsp3) is 0.500. The van der Waals surface area contributed by atoms with E-state index in [0.29, 0.717) is 12.4 Å². The standard InChI is InChI=1S/C20H29ClN4O/c1-6-20(7-2,16-8-10-17(21)11-9-16)13-24-19(22-5)23-12-18-25-14(3)15(4)26-18/h8-11H,6-7,12-13H2,1-5H3,(H2,22,23,24). The molecule has 0 bridgehead atoms. The van der Waals surface area contributed by atoms with Gasteiger partial charge < -0.3 is 15.1 Å². The van der Waals surface area contributed by atoms with Crippen LogP contribution in [0.25, 0.3) is 0 Å². The van der Waals surface area contributed by atoms with E-state index < -0.39 is 0 Å². The number of benzene rings is 1. The number of guanidine groups is 1. The Morgan fingerprint density at radius 3 is 2.31 bits per heavy atom. The fourth-order valence-corrected chi connectivity index (χ4v) is 3.19. The van der Waals surface area contributed by atoms with E-state index in [-0.39, 0.29) is 5.41 Å². The van der Waals surface area contributed by atoms with Gasteiger partial charge in [0.1, 0.15) is 5.76 Å². The van der Waals surface area contributed by atoms with E-state index in [0.717, 1.165) is 41.8 Å². The molecular weight excluding hydrogens is 348 g/mol. The second kappa shape index (κ2) is 9.08. The first-order valence-corrected chi connectivity index (χ1v) is 9.45. The zero-order chi connectivity index (χ0) is 19.2. The molecule has 0 saturated heterocycles. The lowest BCUT2D eigenvalue weighted by Crippen LogP contribution is -2.45. The summed E-state index contributed by atoms with van der Waals surface area (Å²) in [5.41, 5.74) is 2.23. The molecule has 0 saturated carbocycles. The molecule has 142 valence electrons. The predicted octanol–water partition coefficient (Wildman–Crippen LogP) is 4.37. The van der Waals surface area contributed by atoms with Crippen LogP contribution in [0.2, 0.25) is 5.02 Å². The molecule has 0 amide bonds. The normalized spacial score (nSPS) is 12.3. The molecule has 0 aliphatic rings. The van der Waals surface area contributed by atoms with E-state index in [1.54, 1.807) is 7.05 Å². The molecule has 5 nitrogen and oxygen atoms in total. The van der Waals surface area contributed by atoms with Crippen molar-refractivity contribution in [2.45, 2.75) is 52.5 Å². The summed E-state index contributed by atoms with van der Waals surface area (Å²) in [5, 5.41) is 7.48. The lowest BCUT2D eigenvalue weighted by atomic mass is 9.76. The predicted molar refractivity (Wildman–Crippen MR) is 108 cm³/mol. The van der Waals surface area contributed by atoms with Crippen LogP contribution >= 0.6 is 11.6 Å². The SMILES string of the molecule is CCC(CC)(CNC(=NC)NCc1nc(C)c(C)o1)c1ccc(Cl)cc1. The lowest BCUT2D eigenvalue weighted by Gasteiger charge is -2.33. The maximum Gasteiger partial charge on any atom is 0.214 e. The van der Waals surface area contributed by atoms with Crippen LogP contribution in [0.15, 0.2) is 33.7 Å². The molecule has 2 aromatic rings. The van der Waals surface area contributed by atoms with Crippen LogP contribution < -0.4 is 10.6 Å². The van der Waals surface area contributed by atoms with Crippen LogP contribution in [-0.2, 0) is 12.0 Å².